The fraction of sp³-hybridized carbons (Fsp3) is 1.00. The first-order valence-corrected chi connectivity index (χ1v) is 10.6. The van der Waals surface area contributed by atoms with Crippen LogP contribution in [-0.2, 0) is 4.12 Å². The van der Waals surface area contributed by atoms with Gasteiger partial charge in [-0.1, -0.05) is 14.9 Å². The average molecular weight is 416 g/mol. The smallest absolute Gasteiger partial charge is 0.668 e. The van der Waals surface area contributed by atoms with Crippen molar-refractivity contribution in [1.29, 1.82) is 0 Å². The van der Waals surface area contributed by atoms with Crippen molar-refractivity contribution in [1.82, 2.24) is 0 Å². The largest absolute Gasteiger partial charge is 0.794 e. The van der Waals surface area contributed by atoms with Crippen molar-refractivity contribution in [3.05, 3.63) is 0 Å². The van der Waals surface area contributed by atoms with Gasteiger partial charge in [0.15, 0.2) is 0 Å². The van der Waals surface area contributed by atoms with E-state index in [0.717, 1.165) is 0 Å². The van der Waals surface area contributed by atoms with Crippen LogP contribution in [0.5, 0.6) is 0 Å². The van der Waals surface area contributed by atoms with Gasteiger partial charge in [-0.3, -0.25) is 0 Å². The van der Waals surface area contributed by atoms with Gasteiger partial charge in [0.2, 0.25) is 0 Å². The van der Waals surface area contributed by atoms with Crippen LogP contribution in [0.3, 0.4) is 0 Å². The maximum absolute atomic E-state index is 8.91. The molecule has 0 amide bonds. The van der Waals surface area contributed by atoms with Crippen molar-refractivity contribution in [3.8, 4) is 0 Å². The van der Waals surface area contributed by atoms with Crippen molar-refractivity contribution in [3.63, 3.8) is 0 Å². The van der Waals surface area contributed by atoms with Crippen LogP contribution >= 0.6 is 0 Å². The number of hydrogen-bond donors (Lipinski definition) is 13. The van der Waals surface area contributed by atoms with Gasteiger partial charge in [-0.15, -0.1) is 0 Å². The van der Waals surface area contributed by atoms with Crippen molar-refractivity contribution in [2.45, 2.75) is 14.9 Å². The van der Waals surface area contributed by atoms with Crippen molar-refractivity contribution >= 4 is 36.2 Å². The van der Waals surface area contributed by atoms with E-state index in [2.05, 4.69) is 4.12 Å². The van der Waals surface area contributed by atoms with E-state index in [1.807, 2.05) is 0 Å². The number of hydrogen-bond acceptors (Lipinski definition) is 15. The zero-order valence-corrected chi connectivity index (χ0v) is 13.1. The molecule has 15 N–H and O–H groups in total. The molecule has 0 spiro atoms. The monoisotopic (exact) mass is 415 g/mol. The van der Waals surface area contributed by atoms with Crippen molar-refractivity contribution in [2.24, 2.45) is 0 Å². The zero-order valence-electron chi connectivity index (χ0n) is 9.13. The highest BCUT2D eigenvalue weighted by molar-refractivity contribution is 6.63. The summed E-state index contributed by atoms with van der Waals surface area (Å²) in [5, 5.41) is 0. The Kier molecular flexibility index (Phi) is 23.6. The third kappa shape index (κ3) is 193. The maximum Gasteiger partial charge on any atom is 0.668 e. The molecule has 0 fully saturated rings. The summed E-state index contributed by atoms with van der Waals surface area (Å²) in [5.41, 5.74) is 0. The second-order valence-corrected chi connectivity index (χ2v) is 7.88. The van der Waals surface area contributed by atoms with Crippen LogP contribution in [0, 0.1) is 0 Å². The Labute approximate surface area is 128 Å². The molecule has 0 heterocycles. The Morgan fingerprint density at radius 3 is 0.636 bits per heavy atom. The maximum atomic E-state index is 8.91. The second kappa shape index (κ2) is 13.6. The Bertz CT molecular complexity index is 182. The molecule has 0 saturated heterocycles. The van der Waals surface area contributed by atoms with Gasteiger partial charge in [0.05, 0.1) is 0 Å². The van der Waals surface area contributed by atoms with Crippen LogP contribution in [-0.4, -0.2) is 104 Å². The molecule has 0 aliphatic heterocycles. The number of rotatable bonds is 2. The molecule has 0 aliphatic carbocycles. The van der Waals surface area contributed by atoms with E-state index in [1.165, 1.54) is 0 Å². The van der Waals surface area contributed by atoms with Crippen molar-refractivity contribution < 1.29 is 76.7 Å². The Hall–Kier alpha value is 0.228. The first-order chi connectivity index (χ1) is 7.71. The summed E-state index contributed by atoms with van der Waals surface area (Å²) >= 11 is 0. The molecule has 0 atom stereocenters. The lowest BCUT2D eigenvalue weighted by Crippen LogP contribution is -2.53. The van der Waals surface area contributed by atoms with Gasteiger partial charge in [0.1, 0.15) is 0 Å². The summed E-state index contributed by atoms with van der Waals surface area (Å²) in [7, 11) is -19.4. The molecule has 0 rings (SSSR count). The molecule has 22 heavy (non-hydrogen) atoms. The van der Waals surface area contributed by atoms with E-state index >= 15 is 0 Å². The van der Waals surface area contributed by atoms with Crippen LogP contribution in [0.1, 0.15) is 14.9 Å². The third-order valence-corrected chi connectivity index (χ3v) is 2.46. The molecule has 0 unspecified atom stereocenters. The predicted molar refractivity (Wildman–Crippen MR) is 70.0 cm³/mol. The fourth-order valence-electron chi connectivity index (χ4n) is 0.184. The highest BCUT2D eigenvalue weighted by Gasteiger charge is 2.45. The Morgan fingerprint density at radius 2 is 0.636 bits per heavy atom. The van der Waals surface area contributed by atoms with E-state index in [1.54, 1.807) is 0 Å². The molecule has 0 radical (unpaired) electrons. The summed E-state index contributed by atoms with van der Waals surface area (Å²) in [6.45, 7) is 0. The summed E-state index contributed by atoms with van der Waals surface area (Å²) < 4.78 is 3.24. The summed E-state index contributed by atoms with van der Waals surface area (Å²) in [6, 6.07) is 0. The Morgan fingerprint density at radius 1 is 0.545 bits per heavy atom. The van der Waals surface area contributed by atoms with Gasteiger partial charge in [-0.25, -0.2) is 0 Å². The van der Waals surface area contributed by atoms with Gasteiger partial charge in [-0.2, -0.15) is 0 Å². The highest BCUT2D eigenvalue weighted by atomic mass is 28.5. The minimum atomic E-state index is -4.98. The SMILES string of the molecule is C.C.O.O[Si](O)(O)O.O[Si](O)(O)O[Si](O)(O)O.[O-][Si](O)(O)O. The summed E-state index contributed by atoms with van der Waals surface area (Å²) in [5.74, 6) is 0. The van der Waals surface area contributed by atoms with Crippen LogP contribution in [0.2, 0.25) is 0 Å². The summed E-state index contributed by atoms with van der Waals surface area (Å²) in [6.07, 6.45) is 0. The van der Waals surface area contributed by atoms with Crippen molar-refractivity contribution in [2.75, 3.05) is 0 Å². The standard InChI is InChI=1S/2CH4.H6O7Si2.H4O4Si.H3O4Si.H2O/c;;1-8(2,3)7-9(4,5)6;2*1-5(2,3)4;/h2*1H4;1-6H;1-4H;1-3H;1H2/q;;;;-1;. The molecule has 0 aromatic carbocycles. The molecule has 0 bridgehead atoms. The van der Waals surface area contributed by atoms with Crippen LogP contribution in [0.25, 0.3) is 0 Å². The van der Waals surface area contributed by atoms with E-state index in [9.17, 15) is 0 Å². The Balaban J connectivity index is -0.0000000434. The van der Waals surface area contributed by atoms with Crippen LogP contribution < -0.4 is 4.80 Å². The lowest BCUT2D eigenvalue weighted by molar-refractivity contribution is -0.295. The van der Waals surface area contributed by atoms with Gasteiger partial charge in [-0.05, 0) is 0 Å². The molecule has 0 saturated carbocycles. The van der Waals surface area contributed by atoms with Gasteiger partial charge in [0.25, 0.3) is 0 Å². The zero-order chi connectivity index (χ0) is 16.7. The minimum absolute atomic E-state index is 0. The normalized spacial score (nSPS) is 11.2. The van der Waals surface area contributed by atoms with Crippen LogP contribution in [0.15, 0.2) is 0 Å². The minimum Gasteiger partial charge on any atom is -0.794 e. The fourth-order valence-corrected chi connectivity index (χ4v) is 1.65. The lowest BCUT2D eigenvalue weighted by atomic mass is 12.0. The topological polar surface area (TPSA) is 327 Å². The highest BCUT2D eigenvalue weighted by Crippen LogP contribution is 1.95. The quantitative estimate of drug-likeness (QED) is 0.186. The molecular formula is C2H23O16Si4-. The third-order valence-electron chi connectivity index (χ3n) is 0.274. The van der Waals surface area contributed by atoms with Crippen LogP contribution in [0.4, 0.5) is 0 Å². The summed E-state index contributed by atoms with van der Waals surface area (Å²) in [4.78, 5) is 107. The first-order valence-electron chi connectivity index (χ1n) is 3.52. The molecular weight excluding hydrogens is 392 g/mol. The second-order valence-electron chi connectivity index (χ2n) is 2.42. The lowest BCUT2D eigenvalue weighted by Gasteiger charge is -2.13. The van der Waals surface area contributed by atoms with E-state index < -0.39 is 36.2 Å². The molecule has 0 aromatic heterocycles. The van der Waals surface area contributed by atoms with E-state index in [4.69, 9.17) is 67.1 Å². The van der Waals surface area contributed by atoms with E-state index in [-0.39, 0.29) is 20.3 Å². The molecule has 16 nitrogen and oxygen atoms in total. The van der Waals surface area contributed by atoms with Gasteiger partial charge < -0.3 is 76.7 Å². The predicted octanol–water partition coefficient (Wildman–Crippen LogP) is -9.57. The molecule has 144 valence electrons. The van der Waals surface area contributed by atoms with Gasteiger partial charge >= 0.3 is 36.2 Å². The molecule has 20 heteroatoms. The van der Waals surface area contributed by atoms with Gasteiger partial charge in [0, 0.05) is 0 Å². The molecule has 0 aromatic rings. The average Bonchev–Trinajstić information content (AvgIpc) is 1.63. The van der Waals surface area contributed by atoms with E-state index in [0.29, 0.717) is 0 Å². The first kappa shape index (κ1) is 38.0. The molecule has 0 aliphatic rings.